The van der Waals surface area contributed by atoms with Crippen molar-refractivity contribution < 1.29 is 4.79 Å². The summed E-state index contributed by atoms with van der Waals surface area (Å²) in [6.45, 7) is 7.31. The molecule has 1 aromatic rings. The van der Waals surface area contributed by atoms with E-state index in [4.69, 9.17) is 5.73 Å². The number of rotatable bonds is 1. The number of pyridine rings is 1. The van der Waals surface area contributed by atoms with Crippen LogP contribution >= 0.6 is 0 Å². The fourth-order valence-corrected chi connectivity index (χ4v) is 2.74. The monoisotopic (exact) mass is 247 g/mol. The van der Waals surface area contributed by atoms with Gasteiger partial charge in [-0.1, -0.05) is 13.8 Å². The lowest BCUT2D eigenvalue weighted by Crippen LogP contribution is -2.49. The van der Waals surface area contributed by atoms with Crippen LogP contribution in [0.5, 0.6) is 0 Å². The van der Waals surface area contributed by atoms with E-state index in [9.17, 15) is 4.79 Å². The molecule has 1 fully saturated rings. The van der Waals surface area contributed by atoms with Crippen LogP contribution in [0.1, 0.15) is 37.6 Å². The standard InChI is InChI=1S/C14H21N3O/c1-9-7-10(2)11(3)17(8-9)14(18)12-5-4-6-16-13(12)15/h4-6,9-11H,7-8H2,1-3H3,(H2,15,16). The molecule has 98 valence electrons. The van der Waals surface area contributed by atoms with Crippen LogP contribution < -0.4 is 5.73 Å². The Balaban J connectivity index is 2.25. The van der Waals surface area contributed by atoms with Crippen molar-refractivity contribution in [2.45, 2.75) is 33.2 Å². The van der Waals surface area contributed by atoms with Gasteiger partial charge in [0.2, 0.25) is 0 Å². The molecule has 0 radical (unpaired) electrons. The first-order chi connectivity index (χ1) is 8.50. The molecule has 2 N–H and O–H groups in total. The second-order valence-corrected chi connectivity index (χ2v) is 5.45. The Morgan fingerprint density at radius 1 is 1.44 bits per heavy atom. The molecule has 3 unspecified atom stereocenters. The molecule has 0 aliphatic carbocycles. The Hall–Kier alpha value is -1.58. The number of piperidine rings is 1. The average Bonchev–Trinajstić information content (AvgIpc) is 2.33. The van der Waals surface area contributed by atoms with E-state index in [1.165, 1.54) is 6.42 Å². The number of aromatic nitrogens is 1. The fraction of sp³-hybridized carbons (Fsp3) is 0.571. The lowest BCUT2D eigenvalue weighted by atomic mass is 9.85. The van der Waals surface area contributed by atoms with Crippen molar-refractivity contribution in [3.8, 4) is 0 Å². The van der Waals surface area contributed by atoms with Crippen LogP contribution in [0.25, 0.3) is 0 Å². The average molecular weight is 247 g/mol. The summed E-state index contributed by atoms with van der Waals surface area (Å²) in [7, 11) is 0. The van der Waals surface area contributed by atoms with Crippen LogP contribution in [0.15, 0.2) is 18.3 Å². The molecule has 0 bridgehead atoms. The van der Waals surface area contributed by atoms with Gasteiger partial charge in [0.25, 0.3) is 5.91 Å². The molecule has 0 spiro atoms. The van der Waals surface area contributed by atoms with Crippen molar-refractivity contribution in [2.75, 3.05) is 12.3 Å². The Morgan fingerprint density at radius 2 is 2.17 bits per heavy atom. The molecule has 3 atom stereocenters. The van der Waals surface area contributed by atoms with Gasteiger partial charge in [-0.05, 0) is 37.3 Å². The van der Waals surface area contributed by atoms with Crippen molar-refractivity contribution in [2.24, 2.45) is 11.8 Å². The van der Waals surface area contributed by atoms with Crippen molar-refractivity contribution in [1.82, 2.24) is 9.88 Å². The minimum absolute atomic E-state index is 0.00602. The normalized spacial score (nSPS) is 28.2. The summed E-state index contributed by atoms with van der Waals surface area (Å²) in [6, 6.07) is 3.76. The molecule has 18 heavy (non-hydrogen) atoms. The quantitative estimate of drug-likeness (QED) is 0.827. The molecule has 0 saturated carbocycles. The number of nitrogens with zero attached hydrogens (tertiary/aromatic N) is 2. The van der Waals surface area contributed by atoms with Crippen LogP contribution in [0.2, 0.25) is 0 Å². The smallest absolute Gasteiger partial charge is 0.257 e. The summed E-state index contributed by atoms with van der Waals surface area (Å²) >= 11 is 0. The minimum atomic E-state index is 0.00602. The number of likely N-dealkylation sites (tertiary alicyclic amines) is 1. The van der Waals surface area contributed by atoms with Gasteiger partial charge in [0.15, 0.2) is 0 Å². The zero-order valence-electron chi connectivity index (χ0n) is 11.3. The third-order valence-corrected chi connectivity index (χ3v) is 3.93. The number of hydrogen-bond acceptors (Lipinski definition) is 3. The van der Waals surface area contributed by atoms with E-state index in [1.54, 1.807) is 18.3 Å². The second-order valence-electron chi connectivity index (χ2n) is 5.45. The highest BCUT2D eigenvalue weighted by atomic mass is 16.2. The molecule has 4 heteroatoms. The van der Waals surface area contributed by atoms with Crippen LogP contribution in [0.3, 0.4) is 0 Å². The third-order valence-electron chi connectivity index (χ3n) is 3.93. The fourth-order valence-electron chi connectivity index (χ4n) is 2.74. The number of hydrogen-bond donors (Lipinski definition) is 1. The van der Waals surface area contributed by atoms with Crippen molar-refractivity contribution in [3.63, 3.8) is 0 Å². The van der Waals surface area contributed by atoms with E-state index in [0.29, 0.717) is 23.2 Å². The highest BCUT2D eigenvalue weighted by Gasteiger charge is 2.32. The lowest BCUT2D eigenvalue weighted by Gasteiger charge is -2.41. The molecular formula is C14H21N3O. The third kappa shape index (κ3) is 2.33. The van der Waals surface area contributed by atoms with E-state index < -0.39 is 0 Å². The summed E-state index contributed by atoms with van der Waals surface area (Å²) in [6.07, 6.45) is 2.78. The van der Waals surface area contributed by atoms with E-state index in [0.717, 1.165) is 6.54 Å². The molecule has 4 nitrogen and oxygen atoms in total. The van der Waals surface area contributed by atoms with E-state index in [-0.39, 0.29) is 11.9 Å². The van der Waals surface area contributed by atoms with E-state index in [1.807, 2.05) is 4.90 Å². The molecule has 1 saturated heterocycles. The van der Waals surface area contributed by atoms with Gasteiger partial charge >= 0.3 is 0 Å². The number of nitrogen functional groups attached to an aromatic ring is 1. The highest BCUT2D eigenvalue weighted by molar-refractivity contribution is 5.98. The first-order valence-corrected chi connectivity index (χ1v) is 6.52. The Kier molecular flexibility index (Phi) is 3.55. The Labute approximate surface area is 108 Å². The molecule has 1 aliphatic rings. The minimum Gasteiger partial charge on any atom is -0.383 e. The molecule has 1 aliphatic heterocycles. The SMILES string of the molecule is CC1CC(C)C(C)N(C(=O)c2cccnc2N)C1. The van der Waals surface area contributed by atoms with Crippen molar-refractivity contribution >= 4 is 11.7 Å². The summed E-state index contributed by atoms with van der Waals surface area (Å²) < 4.78 is 0. The maximum absolute atomic E-state index is 12.5. The summed E-state index contributed by atoms with van der Waals surface area (Å²) in [5.41, 5.74) is 6.30. The highest BCUT2D eigenvalue weighted by Crippen LogP contribution is 2.28. The predicted octanol–water partition coefficient (Wildman–Crippen LogP) is 2.17. The van der Waals surface area contributed by atoms with Crippen LogP contribution in [0, 0.1) is 11.8 Å². The van der Waals surface area contributed by atoms with Gasteiger partial charge in [-0.2, -0.15) is 0 Å². The number of amides is 1. The number of carbonyl (C=O) groups is 1. The number of carbonyl (C=O) groups excluding carboxylic acids is 1. The van der Waals surface area contributed by atoms with Crippen LogP contribution in [0.4, 0.5) is 5.82 Å². The molecule has 1 aromatic heterocycles. The summed E-state index contributed by atoms with van der Waals surface area (Å²) in [4.78, 5) is 18.5. The molecule has 1 amide bonds. The van der Waals surface area contributed by atoms with Gasteiger partial charge in [-0.3, -0.25) is 4.79 Å². The predicted molar refractivity (Wildman–Crippen MR) is 72.1 cm³/mol. The largest absolute Gasteiger partial charge is 0.383 e. The van der Waals surface area contributed by atoms with Gasteiger partial charge in [-0.25, -0.2) is 4.98 Å². The topological polar surface area (TPSA) is 59.2 Å². The molecule has 2 rings (SSSR count). The zero-order valence-corrected chi connectivity index (χ0v) is 11.3. The Bertz CT molecular complexity index is 446. The first-order valence-electron chi connectivity index (χ1n) is 6.52. The zero-order chi connectivity index (χ0) is 13.3. The van der Waals surface area contributed by atoms with Gasteiger partial charge in [-0.15, -0.1) is 0 Å². The van der Waals surface area contributed by atoms with Gasteiger partial charge < -0.3 is 10.6 Å². The first kappa shape index (κ1) is 12.9. The van der Waals surface area contributed by atoms with Crippen LogP contribution in [-0.2, 0) is 0 Å². The van der Waals surface area contributed by atoms with Gasteiger partial charge in [0.1, 0.15) is 5.82 Å². The maximum Gasteiger partial charge on any atom is 0.257 e. The molecular weight excluding hydrogens is 226 g/mol. The van der Waals surface area contributed by atoms with Gasteiger partial charge in [0.05, 0.1) is 5.56 Å². The second kappa shape index (κ2) is 4.96. The van der Waals surface area contributed by atoms with Crippen molar-refractivity contribution in [3.05, 3.63) is 23.9 Å². The Morgan fingerprint density at radius 3 is 2.83 bits per heavy atom. The number of anilines is 1. The van der Waals surface area contributed by atoms with E-state index >= 15 is 0 Å². The number of nitrogens with two attached hydrogens (primary N) is 1. The lowest BCUT2D eigenvalue weighted by molar-refractivity contribution is 0.0456. The maximum atomic E-state index is 12.5. The molecule has 0 aromatic carbocycles. The summed E-state index contributed by atoms with van der Waals surface area (Å²) in [5, 5.41) is 0. The summed E-state index contributed by atoms with van der Waals surface area (Å²) in [5.74, 6) is 1.39. The van der Waals surface area contributed by atoms with Crippen LogP contribution in [-0.4, -0.2) is 28.4 Å². The van der Waals surface area contributed by atoms with Gasteiger partial charge in [0, 0.05) is 18.8 Å². The van der Waals surface area contributed by atoms with E-state index in [2.05, 4.69) is 25.8 Å². The molecule has 2 heterocycles. The van der Waals surface area contributed by atoms with Crippen molar-refractivity contribution in [1.29, 1.82) is 0 Å².